The highest BCUT2D eigenvalue weighted by molar-refractivity contribution is 9.10. The van der Waals surface area contributed by atoms with Crippen LogP contribution in [0.25, 0.3) is 5.69 Å². The molecule has 0 aliphatic carbocycles. The number of hydrazone groups is 1. The first-order valence-electron chi connectivity index (χ1n) is 11.6. The Morgan fingerprint density at radius 1 is 1.15 bits per heavy atom. The number of halogens is 1. The lowest BCUT2D eigenvalue weighted by molar-refractivity contribution is -0.123. The summed E-state index contributed by atoms with van der Waals surface area (Å²) in [6.07, 6.45) is 5.23. The highest BCUT2D eigenvalue weighted by atomic mass is 79.9. The van der Waals surface area contributed by atoms with Crippen LogP contribution >= 0.6 is 15.9 Å². The van der Waals surface area contributed by atoms with Gasteiger partial charge in [-0.2, -0.15) is 10.2 Å². The number of benzene rings is 2. The van der Waals surface area contributed by atoms with Gasteiger partial charge in [0.05, 0.1) is 27.6 Å². The van der Waals surface area contributed by atoms with E-state index in [9.17, 15) is 4.79 Å². The number of carbonyl (C=O) groups excluding carboxylic acids is 1. The molecule has 0 bridgehead atoms. The van der Waals surface area contributed by atoms with Crippen LogP contribution in [0.5, 0.6) is 5.75 Å². The molecule has 1 aliphatic rings. The van der Waals surface area contributed by atoms with Gasteiger partial charge in [0, 0.05) is 13.1 Å². The van der Waals surface area contributed by atoms with Gasteiger partial charge in [-0.05, 0) is 85.3 Å². The first-order chi connectivity index (χ1) is 16.4. The second-order valence-electron chi connectivity index (χ2n) is 8.59. The molecule has 1 aliphatic heterocycles. The molecule has 0 unspecified atom stereocenters. The second-order valence-corrected chi connectivity index (χ2v) is 9.45. The Labute approximate surface area is 208 Å². The normalized spacial score (nSPS) is 13.9. The van der Waals surface area contributed by atoms with Crippen molar-refractivity contribution in [1.82, 2.24) is 15.2 Å². The van der Waals surface area contributed by atoms with Crippen molar-refractivity contribution in [2.75, 3.05) is 24.6 Å². The molecule has 1 aromatic heterocycles. The molecule has 1 amide bonds. The Balaban J connectivity index is 1.50. The summed E-state index contributed by atoms with van der Waals surface area (Å²) in [5, 5.41) is 9.04. The van der Waals surface area contributed by atoms with Crippen LogP contribution in [0.1, 0.15) is 41.6 Å². The monoisotopic (exact) mass is 523 g/mol. The number of hydrogen-bond donors (Lipinski definition) is 1. The largest absolute Gasteiger partial charge is 0.482 e. The van der Waals surface area contributed by atoms with E-state index in [-0.39, 0.29) is 12.5 Å². The molecule has 4 rings (SSSR count). The summed E-state index contributed by atoms with van der Waals surface area (Å²) in [6, 6.07) is 14.1. The molecule has 178 valence electrons. The third-order valence-corrected chi connectivity index (χ3v) is 6.43. The summed E-state index contributed by atoms with van der Waals surface area (Å²) in [5.41, 5.74) is 7.46. The minimum Gasteiger partial charge on any atom is -0.482 e. The summed E-state index contributed by atoms with van der Waals surface area (Å²) in [7, 11) is 0. The van der Waals surface area contributed by atoms with Crippen molar-refractivity contribution in [1.29, 1.82) is 0 Å². The van der Waals surface area contributed by atoms with Gasteiger partial charge >= 0.3 is 0 Å². The lowest BCUT2D eigenvalue weighted by Crippen LogP contribution is -2.32. The van der Waals surface area contributed by atoms with Gasteiger partial charge < -0.3 is 9.64 Å². The van der Waals surface area contributed by atoms with Gasteiger partial charge in [0.15, 0.2) is 6.61 Å². The number of anilines is 1. The Morgan fingerprint density at radius 3 is 2.59 bits per heavy atom. The molecule has 2 heterocycles. The molecule has 34 heavy (non-hydrogen) atoms. The van der Waals surface area contributed by atoms with Gasteiger partial charge in [0.2, 0.25) is 0 Å². The molecule has 8 heteroatoms. The van der Waals surface area contributed by atoms with Crippen LogP contribution in [0.15, 0.2) is 52.0 Å². The lowest BCUT2D eigenvalue weighted by atomic mass is 10.1. The van der Waals surface area contributed by atoms with Crippen LogP contribution in [0.3, 0.4) is 0 Å². The van der Waals surface area contributed by atoms with Crippen LogP contribution in [0, 0.1) is 20.8 Å². The molecule has 7 nitrogen and oxygen atoms in total. The van der Waals surface area contributed by atoms with Crippen LogP contribution in [-0.4, -0.2) is 41.6 Å². The highest BCUT2D eigenvalue weighted by Gasteiger charge is 2.22. The van der Waals surface area contributed by atoms with E-state index < -0.39 is 0 Å². The first kappa shape index (κ1) is 24.0. The third-order valence-electron chi connectivity index (χ3n) is 5.84. The van der Waals surface area contributed by atoms with Crippen LogP contribution in [-0.2, 0) is 4.79 Å². The number of rotatable bonds is 7. The van der Waals surface area contributed by atoms with Crippen molar-refractivity contribution in [3.8, 4) is 11.4 Å². The van der Waals surface area contributed by atoms with Crippen LogP contribution < -0.4 is 15.1 Å². The summed E-state index contributed by atoms with van der Waals surface area (Å²) in [6.45, 7) is 7.77. The molecular weight excluding hydrogens is 494 g/mol. The average molecular weight is 524 g/mol. The Kier molecular flexibility index (Phi) is 7.67. The van der Waals surface area contributed by atoms with Crippen molar-refractivity contribution in [3.63, 3.8) is 0 Å². The van der Waals surface area contributed by atoms with E-state index in [0.29, 0.717) is 5.75 Å². The van der Waals surface area contributed by atoms with E-state index in [1.807, 2.05) is 67.9 Å². The maximum Gasteiger partial charge on any atom is 0.277 e. The minimum absolute atomic E-state index is 0.124. The maximum absolute atomic E-state index is 12.4. The van der Waals surface area contributed by atoms with Crippen molar-refractivity contribution in [3.05, 3.63) is 69.3 Å². The zero-order valence-corrected chi connectivity index (χ0v) is 21.4. The van der Waals surface area contributed by atoms with Gasteiger partial charge in [-0.3, -0.25) is 4.79 Å². The molecule has 1 fully saturated rings. The number of hydrogen-bond acceptors (Lipinski definition) is 5. The topological polar surface area (TPSA) is 71.7 Å². The molecule has 2 aromatic carbocycles. The van der Waals surface area contributed by atoms with Gasteiger partial charge in [-0.25, -0.2) is 10.1 Å². The summed E-state index contributed by atoms with van der Waals surface area (Å²) >= 11 is 3.51. The van der Waals surface area contributed by atoms with Crippen molar-refractivity contribution < 1.29 is 9.53 Å². The number of carbonyl (C=O) groups is 1. The maximum atomic E-state index is 12.4. The fraction of sp³-hybridized carbons (Fsp3) is 0.346. The van der Waals surface area contributed by atoms with E-state index in [4.69, 9.17) is 9.84 Å². The van der Waals surface area contributed by atoms with Crippen LogP contribution in [0.4, 0.5) is 5.82 Å². The molecular formula is C26H30BrN5O2. The Bertz CT molecular complexity index is 1160. The summed E-state index contributed by atoms with van der Waals surface area (Å²) in [5.74, 6) is 1.35. The Morgan fingerprint density at radius 2 is 1.88 bits per heavy atom. The number of aryl methyl sites for hydroxylation is 3. The van der Waals surface area contributed by atoms with Crippen molar-refractivity contribution in [2.24, 2.45) is 5.10 Å². The van der Waals surface area contributed by atoms with E-state index >= 15 is 0 Å². The molecule has 1 saturated heterocycles. The lowest BCUT2D eigenvalue weighted by Gasteiger charge is -2.29. The fourth-order valence-electron chi connectivity index (χ4n) is 4.26. The molecule has 1 N–H and O–H groups in total. The number of para-hydroxylation sites is 1. The molecule has 0 radical (unpaired) electrons. The number of amides is 1. The van der Waals surface area contributed by atoms with Crippen LogP contribution in [0.2, 0.25) is 0 Å². The number of aromatic nitrogens is 2. The fourth-order valence-corrected chi connectivity index (χ4v) is 5.05. The minimum atomic E-state index is -0.323. The highest BCUT2D eigenvalue weighted by Crippen LogP contribution is 2.30. The molecule has 0 saturated carbocycles. The predicted molar refractivity (Wildman–Crippen MR) is 139 cm³/mol. The average Bonchev–Trinajstić information content (AvgIpc) is 3.15. The van der Waals surface area contributed by atoms with E-state index in [1.54, 1.807) is 6.21 Å². The zero-order valence-electron chi connectivity index (χ0n) is 19.8. The van der Waals surface area contributed by atoms with E-state index in [0.717, 1.165) is 64.3 Å². The van der Waals surface area contributed by atoms with Gasteiger partial charge in [-0.1, -0.05) is 24.3 Å². The third kappa shape index (κ3) is 5.50. The second kappa shape index (κ2) is 10.9. The van der Waals surface area contributed by atoms with E-state index in [1.165, 1.54) is 6.42 Å². The smallest absolute Gasteiger partial charge is 0.277 e. The summed E-state index contributed by atoms with van der Waals surface area (Å²) in [4.78, 5) is 14.8. The zero-order chi connectivity index (χ0) is 24.1. The van der Waals surface area contributed by atoms with E-state index in [2.05, 4.69) is 31.4 Å². The van der Waals surface area contributed by atoms with Crippen molar-refractivity contribution >= 4 is 33.9 Å². The quantitative estimate of drug-likeness (QED) is 0.346. The van der Waals surface area contributed by atoms with Gasteiger partial charge in [0.25, 0.3) is 5.91 Å². The molecule has 3 aromatic rings. The summed E-state index contributed by atoms with van der Waals surface area (Å²) < 4.78 is 8.54. The number of piperidine rings is 1. The van der Waals surface area contributed by atoms with Gasteiger partial charge in [-0.15, -0.1) is 0 Å². The van der Waals surface area contributed by atoms with Crippen molar-refractivity contribution in [2.45, 2.75) is 40.0 Å². The standard InChI is InChI=1S/C26H30BrN5O2/c1-18-14-19(2)25(23(27)15-18)34-17-24(33)29-28-16-22-20(3)30-32(21-10-6-4-7-11-21)26(22)31-12-8-5-9-13-31/h4,6-7,10-11,14-16H,5,8-9,12-13,17H2,1-3H3,(H,29,33)/b28-16+. The molecule has 0 atom stereocenters. The first-order valence-corrected chi connectivity index (χ1v) is 12.3. The number of nitrogens with one attached hydrogen (secondary N) is 1. The number of nitrogens with zero attached hydrogens (tertiary/aromatic N) is 4. The molecule has 0 spiro atoms. The van der Waals surface area contributed by atoms with Gasteiger partial charge in [0.1, 0.15) is 11.6 Å². The number of ether oxygens (including phenoxy) is 1. The predicted octanol–water partition coefficient (Wildman–Crippen LogP) is 5.08. The Hall–Kier alpha value is -3.13. The SMILES string of the molecule is Cc1cc(C)c(OCC(=O)N/N=C/c2c(C)nn(-c3ccccc3)c2N2CCCCC2)c(Br)c1.